The van der Waals surface area contributed by atoms with E-state index in [-0.39, 0.29) is 18.9 Å². The lowest BCUT2D eigenvalue weighted by atomic mass is 10.3. The van der Waals surface area contributed by atoms with Gasteiger partial charge in [-0.2, -0.15) is 0 Å². The van der Waals surface area contributed by atoms with Crippen molar-refractivity contribution in [1.82, 2.24) is 9.97 Å². The van der Waals surface area contributed by atoms with Crippen LogP contribution in [0.2, 0.25) is 0 Å². The fraction of sp³-hybridized carbons (Fsp3) is 0.375. The summed E-state index contributed by atoms with van der Waals surface area (Å²) in [7, 11) is 0. The molecule has 2 heterocycles. The van der Waals surface area contributed by atoms with Crippen LogP contribution in [0.25, 0.3) is 0 Å². The number of anilines is 2. The van der Waals surface area contributed by atoms with Gasteiger partial charge < -0.3 is 10.8 Å². The van der Waals surface area contributed by atoms with Crippen molar-refractivity contribution in [2.24, 2.45) is 0 Å². The van der Waals surface area contributed by atoms with E-state index in [1.807, 2.05) is 0 Å². The van der Waals surface area contributed by atoms with Crippen LogP contribution in [-0.2, 0) is 4.79 Å². The maximum absolute atomic E-state index is 11.4. The second-order valence-corrected chi connectivity index (χ2v) is 3.16. The Morgan fingerprint density at radius 3 is 3.00 bits per heavy atom. The van der Waals surface area contributed by atoms with Crippen molar-refractivity contribution in [2.75, 3.05) is 17.2 Å². The predicted octanol–water partition coefficient (Wildman–Crippen LogP) is -0.844. The number of nitrogens with two attached hydrogens (primary N) is 1. The molecular formula is C8H10N4O2. The molecule has 14 heavy (non-hydrogen) atoms. The van der Waals surface area contributed by atoms with Gasteiger partial charge in [0.1, 0.15) is 6.33 Å². The van der Waals surface area contributed by atoms with E-state index < -0.39 is 6.10 Å². The van der Waals surface area contributed by atoms with Crippen LogP contribution in [0.3, 0.4) is 0 Å². The van der Waals surface area contributed by atoms with Crippen LogP contribution in [0.4, 0.5) is 11.5 Å². The van der Waals surface area contributed by atoms with Gasteiger partial charge in [-0.05, 0) is 0 Å². The molecular weight excluding hydrogens is 184 g/mol. The Balaban J connectivity index is 2.32. The van der Waals surface area contributed by atoms with E-state index in [2.05, 4.69) is 9.97 Å². The third-order valence-electron chi connectivity index (χ3n) is 2.08. The Bertz CT molecular complexity index is 368. The zero-order valence-corrected chi connectivity index (χ0v) is 7.42. The fourth-order valence-corrected chi connectivity index (χ4v) is 1.45. The van der Waals surface area contributed by atoms with Gasteiger partial charge in [0.25, 0.3) is 0 Å². The number of aliphatic hydroxyl groups is 1. The van der Waals surface area contributed by atoms with Crippen molar-refractivity contribution < 1.29 is 9.90 Å². The first-order chi connectivity index (χ1) is 6.68. The standard InChI is InChI=1S/C8H10N4O2/c9-6-2-10-4-11-8(6)12-3-5(13)1-7(12)14/h2,4-5,13H,1,3,9H2. The van der Waals surface area contributed by atoms with E-state index in [1.165, 1.54) is 17.4 Å². The molecule has 1 fully saturated rings. The van der Waals surface area contributed by atoms with E-state index in [0.717, 1.165) is 0 Å². The van der Waals surface area contributed by atoms with Crippen LogP contribution in [0.5, 0.6) is 0 Å². The second kappa shape index (κ2) is 3.22. The van der Waals surface area contributed by atoms with Crippen LogP contribution in [-0.4, -0.2) is 33.6 Å². The van der Waals surface area contributed by atoms with E-state index in [0.29, 0.717) is 11.5 Å². The van der Waals surface area contributed by atoms with E-state index in [4.69, 9.17) is 5.73 Å². The lowest BCUT2D eigenvalue weighted by Gasteiger charge is -2.15. The molecule has 0 radical (unpaired) electrons. The first-order valence-electron chi connectivity index (χ1n) is 4.22. The van der Waals surface area contributed by atoms with Crippen LogP contribution in [0, 0.1) is 0 Å². The molecule has 1 unspecified atom stereocenters. The number of aromatic nitrogens is 2. The number of aliphatic hydroxyl groups excluding tert-OH is 1. The molecule has 1 atom stereocenters. The molecule has 2 rings (SSSR count). The molecule has 0 bridgehead atoms. The highest BCUT2D eigenvalue weighted by atomic mass is 16.3. The Kier molecular flexibility index (Phi) is 2.05. The average Bonchev–Trinajstić information content (AvgIpc) is 2.46. The zero-order valence-electron chi connectivity index (χ0n) is 7.42. The van der Waals surface area contributed by atoms with Crippen LogP contribution < -0.4 is 10.6 Å². The number of amides is 1. The number of carbonyl (C=O) groups excluding carboxylic acids is 1. The maximum Gasteiger partial charge on any atom is 0.230 e. The number of nitrogen functional groups attached to an aromatic ring is 1. The molecule has 74 valence electrons. The summed E-state index contributed by atoms with van der Waals surface area (Å²) in [5.41, 5.74) is 5.95. The molecule has 1 aliphatic rings. The molecule has 0 spiro atoms. The van der Waals surface area contributed by atoms with Gasteiger partial charge in [0.15, 0.2) is 5.82 Å². The predicted molar refractivity (Wildman–Crippen MR) is 49.4 cm³/mol. The molecule has 0 saturated carbocycles. The van der Waals surface area contributed by atoms with Gasteiger partial charge in [0.2, 0.25) is 5.91 Å². The lowest BCUT2D eigenvalue weighted by Crippen LogP contribution is -2.27. The second-order valence-electron chi connectivity index (χ2n) is 3.16. The summed E-state index contributed by atoms with van der Waals surface area (Å²) in [5, 5.41) is 9.28. The highest BCUT2D eigenvalue weighted by Gasteiger charge is 2.30. The lowest BCUT2D eigenvalue weighted by molar-refractivity contribution is -0.117. The SMILES string of the molecule is Nc1cncnc1N1CC(O)CC1=O. The largest absolute Gasteiger partial charge is 0.394 e. The van der Waals surface area contributed by atoms with Crippen LogP contribution in [0.1, 0.15) is 6.42 Å². The quantitative estimate of drug-likeness (QED) is 0.608. The number of nitrogens with zero attached hydrogens (tertiary/aromatic N) is 3. The highest BCUT2D eigenvalue weighted by Crippen LogP contribution is 2.23. The van der Waals surface area contributed by atoms with Crippen molar-refractivity contribution >= 4 is 17.4 Å². The van der Waals surface area contributed by atoms with Crippen molar-refractivity contribution in [3.8, 4) is 0 Å². The molecule has 0 aliphatic carbocycles. The Morgan fingerprint density at radius 1 is 1.64 bits per heavy atom. The Hall–Kier alpha value is -1.69. The summed E-state index contributed by atoms with van der Waals surface area (Å²) in [6.07, 6.45) is 2.25. The normalized spacial score (nSPS) is 21.6. The van der Waals surface area contributed by atoms with Crippen molar-refractivity contribution in [3.63, 3.8) is 0 Å². The topological polar surface area (TPSA) is 92.3 Å². The molecule has 3 N–H and O–H groups in total. The first kappa shape index (κ1) is 8.89. The first-order valence-corrected chi connectivity index (χ1v) is 4.22. The number of hydrogen-bond acceptors (Lipinski definition) is 5. The van der Waals surface area contributed by atoms with Crippen molar-refractivity contribution in [1.29, 1.82) is 0 Å². The summed E-state index contributed by atoms with van der Waals surface area (Å²) in [5.74, 6) is 0.212. The summed E-state index contributed by atoms with van der Waals surface area (Å²) >= 11 is 0. The van der Waals surface area contributed by atoms with Gasteiger partial charge >= 0.3 is 0 Å². The molecule has 6 heteroatoms. The number of carbonyl (C=O) groups is 1. The minimum atomic E-state index is -0.628. The molecule has 6 nitrogen and oxygen atoms in total. The summed E-state index contributed by atoms with van der Waals surface area (Å²) in [6.45, 7) is 0.250. The minimum Gasteiger partial charge on any atom is -0.394 e. The van der Waals surface area contributed by atoms with Gasteiger partial charge in [-0.3, -0.25) is 9.69 Å². The summed E-state index contributed by atoms with van der Waals surface area (Å²) in [6, 6.07) is 0. The Labute approximate surface area is 80.4 Å². The van der Waals surface area contributed by atoms with Gasteiger partial charge in [0, 0.05) is 0 Å². The molecule has 1 aromatic rings. The van der Waals surface area contributed by atoms with Gasteiger partial charge in [-0.15, -0.1) is 0 Å². The fourth-order valence-electron chi connectivity index (χ4n) is 1.45. The monoisotopic (exact) mass is 194 g/mol. The average molecular weight is 194 g/mol. The zero-order chi connectivity index (χ0) is 10.1. The van der Waals surface area contributed by atoms with Crippen molar-refractivity contribution in [3.05, 3.63) is 12.5 Å². The molecule has 1 aromatic heterocycles. The number of β-amino-alcohol motifs (C(OH)–C–C–N with tert-alkyl or cyclic N) is 1. The minimum absolute atomic E-state index is 0.128. The third-order valence-corrected chi connectivity index (χ3v) is 2.08. The van der Waals surface area contributed by atoms with Gasteiger partial charge in [-0.25, -0.2) is 9.97 Å². The smallest absolute Gasteiger partial charge is 0.230 e. The molecule has 0 aromatic carbocycles. The molecule has 1 saturated heterocycles. The Morgan fingerprint density at radius 2 is 2.43 bits per heavy atom. The van der Waals surface area contributed by atoms with Crippen LogP contribution in [0.15, 0.2) is 12.5 Å². The van der Waals surface area contributed by atoms with E-state index in [1.54, 1.807) is 0 Å². The maximum atomic E-state index is 11.4. The highest BCUT2D eigenvalue weighted by molar-refractivity contribution is 5.97. The third kappa shape index (κ3) is 1.39. The summed E-state index contributed by atoms with van der Waals surface area (Å²) in [4.78, 5) is 20.4. The molecule has 1 amide bonds. The van der Waals surface area contributed by atoms with E-state index >= 15 is 0 Å². The van der Waals surface area contributed by atoms with Gasteiger partial charge in [0.05, 0.1) is 31.0 Å². The van der Waals surface area contributed by atoms with Gasteiger partial charge in [-0.1, -0.05) is 0 Å². The van der Waals surface area contributed by atoms with E-state index in [9.17, 15) is 9.90 Å². The molecule has 1 aliphatic heterocycles. The number of rotatable bonds is 1. The van der Waals surface area contributed by atoms with Crippen molar-refractivity contribution in [2.45, 2.75) is 12.5 Å². The number of hydrogen-bond donors (Lipinski definition) is 2. The van der Waals surface area contributed by atoms with Crippen LogP contribution >= 0.6 is 0 Å². The summed E-state index contributed by atoms with van der Waals surface area (Å²) < 4.78 is 0.